The number of H-pyrrole nitrogens is 1. The second kappa shape index (κ2) is 7.07. The lowest BCUT2D eigenvalue weighted by atomic mass is 10.2. The quantitative estimate of drug-likeness (QED) is 0.710. The number of aliphatic hydroxyl groups is 1. The predicted molar refractivity (Wildman–Crippen MR) is 75.6 cm³/mol. The zero-order valence-electron chi connectivity index (χ0n) is 11.4. The van der Waals surface area contributed by atoms with Crippen LogP contribution in [0.15, 0.2) is 9.69 Å². The number of thioether (sulfide) groups is 1. The molecular weight excluding hydrogens is 303 g/mol. The summed E-state index contributed by atoms with van der Waals surface area (Å²) in [6.07, 6.45) is 1.38. The molecule has 3 rings (SSSR count). The van der Waals surface area contributed by atoms with E-state index in [4.69, 9.17) is 15.6 Å². The van der Waals surface area contributed by atoms with Crippen molar-refractivity contribution in [1.82, 2.24) is 9.97 Å². The van der Waals surface area contributed by atoms with Gasteiger partial charge in [-0.1, -0.05) is 11.8 Å². The maximum atomic E-state index is 11.7. The molecule has 1 unspecified atom stereocenters. The number of nitrogens with one attached hydrogen (secondary N) is 1. The number of aliphatic hydroxyl groups excluding tert-OH is 1. The molecule has 0 saturated carbocycles. The third-order valence-corrected chi connectivity index (χ3v) is 4.20. The van der Waals surface area contributed by atoms with Crippen LogP contribution in [0.4, 0.5) is 16.3 Å². The molecule has 10 heteroatoms. The standard InChI is InChI=1S/C10H14N4O3S.CH3FO/c11-10-12-8-7(9(16)13-10)18-4-14(8)6-2-1-5(3-15)17-6;1-3-2/h5-6,15H,1-4H2,(H3,11,12,13,16);1H3/t5?,6-;/m1./s1. The molecule has 1 aromatic heterocycles. The average molecular weight is 320 g/mol. The molecule has 1 fully saturated rings. The van der Waals surface area contributed by atoms with E-state index in [1.165, 1.54) is 11.8 Å². The monoisotopic (exact) mass is 320 g/mol. The summed E-state index contributed by atoms with van der Waals surface area (Å²) in [5, 5.41) is 9.07. The van der Waals surface area contributed by atoms with Crippen molar-refractivity contribution in [3.63, 3.8) is 0 Å². The molecule has 1 aromatic rings. The molecule has 0 aliphatic carbocycles. The maximum absolute atomic E-state index is 11.7. The number of aromatic nitrogens is 2. The second-order valence-electron chi connectivity index (χ2n) is 4.47. The molecule has 0 spiro atoms. The molecule has 0 amide bonds. The highest BCUT2D eigenvalue weighted by Gasteiger charge is 2.35. The van der Waals surface area contributed by atoms with Gasteiger partial charge in [-0.05, 0) is 17.4 Å². The first-order chi connectivity index (χ1) is 10.1. The fraction of sp³-hybridized carbons (Fsp3) is 0.636. The molecular formula is C11H17FN4O4S. The molecule has 21 heavy (non-hydrogen) atoms. The Bertz CT molecular complexity index is 543. The Hall–Kier alpha value is -1.36. The highest BCUT2D eigenvalue weighted by Crippen LogP contribution is 2.38. The van der Waals surface area contributed by atoms with Crippen molar-refractivity contribution in [3.05, 3.63) is 10.4 Å². The molecule has 0 bridgehead atoms. The van der Waals surface area contributed by atoms with Crippen molar-refractivity contribution in [2.24, 2.45) is 0 Å². The van der Waals surface area contributed by atoms with Gasteiger partial charge >= 0.3 is 0 Å². The van der Waals surface area contributed by atoms with Gasteiger partial charge in [0.05, 0.1) is 25.7 Å². The van der Waals surface area contributed by atoms with E-state index < -0.39 is 0 Å². The molecule has 1 saturated heterocycles. The number of anilines is 2. The molecule has 2 aliphatic heterocycles. The van der Waals surface area contributed by atoms with Crippen molar-refractivity contribution in [2.75, 3.05) is 30.2 Å². The van der Waals surface area contributed by atoms with Crippen LogP contribution in [0, 0.1) is 0 Å². The van der Waals surface area contributed by atoms with E-state index in [1.807, 2.05) is 4.90 Å². The van der Waals surface area contributed by atoms with Crippen LogP contribution in [0.3, 0.4) is 0 Å². The SMILES string of the molecule is COF.Nc1nc2c(c(=O)[nH]1)SCN2[C@H]1CCC(CO)O1. The van der Waals surface area contributed by atoms with Crippen LogP contribution >= 0.6 is 11.8 Å². The fourth-order valence-electron chi connectivity index (χ4n) is 2.26. The van der Waals surface area contributed by atoms with Crippen LogP contribution < -0.4 is 16.2 Å². The van der Waals surface area contributed by atoms with E-state index in [9.17, 15) is 9.32 Å². The second-order valence-corrected chi connectivity index (χ2v) is 5.43. The van der Waals surface area contributed by atoms with Crippen LogP contribution in [-0.4, -0.2) is 47.0 Å². The topological polar surface area (TPSA) is 114 Å². The van der Waals surface area contributed by atoms with Crippen LogP contribution in [0.1, 0.15) is 12.8 Å². The van der Waals surface area contributed by atoms with Crippen molar-refractivity contribution in [1.29, 1.82) is 0 Å². The van der Waals surface area contributed by atoms with Crippen LogP contribution in [0.2, 0.25) is 0 Å². The Labute approximate surface area is 124 Å². The molecule has 4 N–H and O–H groups in total. The largest absolute Gasteiger partial charge is 0.394 e. The number of halogens is 1. The minimum Gasteiger partial charge on any atom is -0.394 e. The van der Waals surface area contributed by atoms with Gasteiger partial charge in [-0.2, -0.15) is 9.93 Å². The van der Waals surface area contributed by atoms with E-state index in [2.05, 4.69) is 14.9 Å². The van der Waals surface area contributed by atoms with E-state index in [1.54, 1.807) is 0 Å². The molecule has 3 heterocycles. The third kappa shape index (κ3) is 3.46. The van der Waals surface area contributed by atoms with Crippen LogP contribution in [-0.2, 0) is 9.68 Å². The van der Waals surface area contributed by atoms with Gasteiger partial charge in [-0.15, -0.1) is 0 Å². The Morgan fingerprint density at radius 2 is 2.38 bits per heavy atom. The van der Waals surface area contributed by atoms with Crippen LogP contribution in [0.25, 0.3) is 0 Å². The average Bonchev–Trinajstić information content (AvgIpc) is 3.05. The summed E-state index contributed by atoms with van der Waals surface area (Å²) in [5.74, 6) is 1.32. The normalized spacial score (nSPS) is 23.7. The number of rotatable bonds is 2. The molecule has 118 valence electrons. The Morgan fingerprint density at radius 3 is 3.00 bits per heavy atom. The number of nitrogens with zero attached hydrogens (tertiary/aromatic N) is 2. The number of nitrogen functional groups attached to an aromatic ring is 1. The van der Waals surface area contributed by atoms with E-state index >= 15 is 0 Å². The van der Waals surface area contributed by atoms with Crippen molar-refractivity contribution in [2.45, 2.75) is 30.1 Å². The number of nitrogens with two attached hydrogens (primary N) is 1. The number of hydrogen-bond acceptors (Lipinski definition) is 8. The minimum atomic E-state index is -0.207. The molecule has 8 nitrogen and oxygen atoms in total. The first-order valence-corrected chi connectivity index (χ1v) is 7.29. The zero-order valence-corrected chi connectivity index (χ0v) is 12.2. The third-order valence-electron chi connectivity index (χ3n) is 3.13. The van der Waals surface area contributed by atoms with Crippen LogP contribution in [0.5, 0.6) is 0 Å². The highest BCUT2D eigenvalue weighted by atomic mass is 32.2. The van der Waals surface area contributed by atoms with Crippen molar-refractivity contribution < 1.29 is 19.3 Å². The Kier molecular flexibility index (Phi) is 5.39. The lowest BCUT2D eigenvalue weighted by molar-refractivity contribution is -0.0960. The maximum Gasteiger partial charge on any atom is 0.268 e. The number of fused-ring (bicyclic) bond motifs is 1. The summed E-state index contributed by atoms with van der Waals surface area (Å²) in [7, 11) is 0.958. The van der Waals surface area contributed by atoms with Gasteiger partial charge in [-0.3, -0.25) is 9.78 Å². The lowest BCUT2D eigenvalue weighted by Gasteiger charge is -2.24. The lowest BCUT2D eigenvalue weighted by Crippen LogP contribution is -2.34. The van der Waals surface area contributed by atoms with Crippen molar-refractivity contribution >= 4 is 23.5 Å². The highest BCUT2D eigenvalue weighted by molar-refractivity contribution is 7.99. The zero-order chi connectivity index (χ0) is 15.4. The summed E-state index contributed by atoms with van der Waals surface area (Å²) in [4.78, 5) is 23.6. The predicted octanol–water partition coefficient (Wildman–Crippen LogP) is 0.236. The van der Waals surface area contributed by atoms with Gasteiger partial charge < -0.3 is 20.5 Å². The van der Waals surface area contributed by atoms with Crippen molar-refractivity contribution in [3.8, 4) is 0 Å². The van der Waals surface area contributed by atoms with E-state index in [0.717, 1.165) is 20.0 Å². The van der Waals surface area contributed by atoms with Gasteiger partial charge in [0, 0.05) is 0 Å². The van der Waals surface area contributed by atoms with Gasteiger partial charge in [0.1, 0.15) is 11.1 Å². The van der Waals surface area contributed by atoms with Gasteiger partial charge in [-0.25, -0.2) is 0 Å². The number of ether oxygens (including phenoxy) is 1. The first-order valence-electron chi connectivity index (χ1n) is 6.31. The Balaban J connectivity index is 0.000000497. The summed E-state index contributed by atoms with van der Waals surface area (Å²) < 4.78 is 15.5. The number of aromatic amines is 1. The molecule has 0 aromatic carbocycles. The summed E-state index contributed by atoms with van der Waals surface area (Å²) >= 11 is 1.43. The van der Waals surface area contributed by atoms with Gasteiger partial charge in [0.25, 0.3) is 5.56 Å². The summed E-state index contributed by atoms with van der Waals surface area (Å²) in [6.45, 7) is 0.0231. The van der Waals surface area contributed by atoms with E-state index in [0.29, 0.717) is 16.6 Å². The smallest absolute Gasteiger partial charge is 0.268 e. The summed E-state index contributed by atoms with van der Waals surface area (Å²) in [6, 6.07) is 0. The van der Waals surface area contributed by atoms with E-state index in [-0.39, 0.29) is 30.4 Å². The summed E-state index contributed by atoms with van der Waals surface area (Å²) in [5.41, 5.74) is 5.36. The molecule has 0 radical (unpaired) electrons. The van der Waals surface area contributed by atoms with Gasteiger partial charge in [0.2, 0.25) is 5.95 Å². The fourth-order valence-corrected chi connectivity index (χ4v) is 3.29. The molecule has 2 atom stereocenters. The number of hydrogen-bond donors (Lipinski definition) is 3. The first kappa shape index (κ1) is 16.0. The Morgan fingerprint density at radius 1 is 1.67 bits per heavy atom. The van der Waals surface area contributed by atoms with Gasteiger partial charge in [0.15, 0.2) is 5.82 Å². The minimum absolute atomic E-state index is 0.0231. The molecule has 2 aliphatic rings.